The van der Waals surface area contributed by atoms with Crippen molar-refractivity contribution in [2.45, 2.75) is 6.54 Å². The van der Waals surface area contributed by atoms with Gasteiger partial charge in [0.05, 0.1) is 9.40 Å². The van der Waals surface area contributed by atoms with E-state index in [4.69, 9.17) is 0 Å². The average molecular weight is 404 g/mol. The highest BCUT2D eigenvalue weighted by Crippen LogP contribution is 2.28. The lowest BCUT2D eigenvalue weighted by Crippen LogP contribution is -2.01. The summed E-state index contributed by atoms with van der Waals surface area (Å²) < 4.78 is 14.3. The number of rotatable bonds is 4. The summed E-state index contributed by atoms with van der Waals surface area (Å²) in [5.74, 6) is -0.310. The zero-order chi connectivity index (χ0) is 14.7. The van der Waals surface area contributed by atoms with Gasteiger partial charge in [0, 0.05) is 22.8 Å². The van der Waals surface area contributed by atoms with Gasteiger partial charge in [0.25, 0.3) is 5.69 Å². The Hall–Kier alpha value is -1.47. The van der Waals surface area contributed by atoms with E-state index < -0.39 is 4.92 Å². The zero-order valence-electron chi connectivity index (χ0n) is 10.1. The molecule has 0 spiro atoms. The Kier molecular flexibility index (Phi) is 4.72. The Morgan fingerprint density at radius 1 is 1.15 bits per heavy atom. The average Bonchev–Trinajstić information content (AvgIpc) is 2.39. The van der Waals surface area contributed by atoms with Crippen molar-refractivity contribution in [2.75, 3.05) is 5.32 Å². The second-order valence-electron chi connectivity index (χ2n) is 4.01. The molecule has 0 radical (unpaired) electrons. The van der Waals surface area contributed by atoms with E-state index in [1.54, 1.807) is 18.2 Å². The first-order valence-corrected chi connectivity index (χ1v) is 7.17. The third kappa shape index (κ3) is 3.55. The summed E-state index contributed by atoms with van der Waals surface area (Å²) in [6, 6.07) is 9.07. The molecular formula is C13H9Br2FN2O2. The van der Waals surface area contributed by atoms with E-state index in [1.165, 1.54) is 18.2 Å². The summed E-state index contributed by atoms with van der Waals surface area (Å²) >= 11 is 6.49. The van der Waals surface area contributed by atoms with Gasteiger partial charge in [0.15, 0.2) is 0 Å². The molecule has 0 unspecified atom stereocenters. The molecule has 1 N–H and O–H groups in total. The number of nitro groups is 1. The number of nitrogens with zero attached hydrogens (tertiary/aromatic N) is 1. The van der Waals surface area contributed by atoms with Crippen LogP contribution in [0.3, 0.4) is 0 Å². The number of nitro benzene ring substituents is 1. The highest BCUT2D eigenvalue weighted by molar-refractivity contribution is 9.10. The molecule has 104 valence electrons. The fourth-order valence-electron chi connectivity index (χ4n) is 1.64. The molecule has 0 amide bonds. The molecule has 0 saturated carbocycles. The van der Waals surface area contributed by atoms with Gasteiger partial charge in [-0.3, -0.25) is 10.1 Å². The molecule has 20 heavy (non-hydrogen) atoms. The van der Waals surface area contributed by atoms with Crippen molar-refractivity contribution in [2.24, 2.45) is 0 Å². The monoisotopic (exact) mass is 402 g/mol. The Morgan fingerprint density at radius 3 is 2.55 bits per heavy atom. The third-order valence-electron chi connectivity index (χ3n) is 2.64. The summed E-state index contributed by atoms with van der Waals surface area (Å²) in [5.41, 5.74) is 1.47. The van der Waals surface area contributed by atoms with Crippen molar-refractivity contribution < 1.29 is 9.31 Å². The smallest absolute Gasteiger partial charge is 0.283 e. The second-order valence-corrected chi connectivity index (χ2v) is 5.72. The highest BCUT2D eigenvalue weighted by Gasteiger charge is 2.11. The molecule has 0 bridgehead atoms. The Morgan fingerprint density at radius 2 is 1.90 bits per heavy atom. The predicted octanol–water partition coefficient (Wildman–Crippen LogP) is 4.87. The number of hydrogen-bond acceptors (Lipinski definition) is 3. The lowest BCUT2D eigenvalue weighted by molar-refractivity contribution is -0.385. The summed E-state index contributed by atoms with van der Waals surface area (Å²) in [6.07, 6.45) is 0. The summed E-state index contributed by atoms with van der Waals surface area (Å²) in [4.78, 5) is 10.2. The molecule has 0 heterocycles. The quantitative estimate of drug-likeness (QED) is 0.585. The van der Waals surface area contributed by atoms with Crippen LogP contribution in [0.5, 0.6) is 0 Å². The Labute approximate surface area is 131 Å². The van der Waals surface area contributed by atoms with Crippen molar-refractivity contribution >= 4 is 43.2 Å². The molecule has 0 saturated heterocycles. The van der Waals surface area contributed by atoms with Gasteiger partial charge in [-0.2, -0.15) is 0 Å². The first kappa shape index (κ1) is 14.9. The SMILES string of the molecule is O=[N+]([O-])c1ccc(NCc2cc(F)ccc2Br)cc1Br. The van der Waals surface area contributed by atoms with Crippen molar-refractivity contribution in [1.82, 2.24) is 0 Å². The fourth-order valence-corrected chi connectivity index (χ4v) is 2.55. The molecule has 7 heteroatoms. The molecule has 0 aliphatic heterocycles. The Bertz CT molecular complexity index is 665. The number of benzene rings is 2. The number of nitrogens with one attached hydrogen (secondary N) is 1. The van der Waals surface area contributed by atoms with Crippen LogP contribution in [-0.4, -0.2) is 4.92 Å². The van der Waals surface area contributed by atoms with Crippen LogP contribution in [0.15, 0.2) is 45.3 Å². The Balaban J connectivity index is 2.13. The van der Waals surface area contributed by atoms with Crippen LogP contribution < -0.4 is 5.32 Å². The standard InChI is InChI=1S/C13H9Br2FN2O2/c14-11-3-1-9(16)5-8(11)7-17-10-2-4-13(18(19)20)12(15)6-10/h1-6,17H,7H2. The minimum atomic E-state index is -0.461. The van der Waals surface area contributed by atoms with Gasteiger partial charge >= 0.3 is 0 Å². The van der Waals surface area contributed by atoms with Gasteiger partial charge in [-0.15, -0.1) is 0 Å². The van der Waals surface area contributed by atoms with Crippen LogP contribution >= 0.6 is 31.9 Å². The minimum absolute atomic E-state index is 0.00230. The van der Waals surface area contributed by atoms with E-state index >= 15 is 0 Å². The van der Waals surface area contributed by atoms with Crippen LogP contribution in [0.4, 0.5) is 15.8 Å². The molecule has 2 aromatic rings. The summed E-state index contributed by atoms with van der Waals surface area (Å²) in [7, 11) is 0. The van der Waals surface area contributed by atoms with E-state index in [2.05, 4.69) is 37.2 Å². The molecule has 0 fully saturated rings. The first-order valence-electron chi connectivity index (χ1n) is 5.59. The molecule has 4 nitrogen and oxygen atoms in total. The van der Waals surface area contributed by atoms with Crippen LogP contribution in [0.2, 0.25) is 0 Å². The van der Waals surface area contributed by atoms with Gasteiger partial charge in [0.2, 0.25) is 0 Å². The van der Waals surface area contributed by atoms with Crippen LogP contribution in [0, 0.1) is 15.9 Å². The van der Waals surface area contributed by atoms with Crippen molar-refractivity contribution in [3.63, 3.8) is 0 Å². The van der Waals surface area contributed by atoms with Crippen molar-refractivity contribution in [1.29, 1.82) is 0 Å². The second kappa shape index (κ2) is 6.32. The molecule has 2 aromatic carbocycles. The number of anilines is 1. The lowest BCUT2D eigenvalue weighted by atomic mass is 10.2. The normalized spacial score (nSPS) is 10.3. The van der Waals surface area contributed by atoms with Crippen molar-refractivity contribution in [3.8, 4) is 0 Å². The van der Waals surface area contributed by atoms with Gasteiger partial charge in [-0.25, -0.2) is 4.39 Å². The zero-order valence-corrected chi connectivity index (χ0v) is 13.2. The van der Waals surface area contributed by atoms with E-state index in [-0.39, 0.29) is 11.5 Å². The maximum Gasteiger partial charge on any atom is 0.283 e. The number of hydrogen-bond donors (Lipinski definition) is 1. The minimum Gasteiger partial charge on any atom is -0.381 e. The van der Waals surface area contributed by atoms with E-state index in [1.807, 2.05) is 0 Å². The van der Waals surface area contributed by atoms with E-state index in [0.717, 1.165) is 10.0 Å². The molecule has 2 rings (SSSR count). The highest BCUT2D eigenvalue weighted by atomic mass is 79.9. The van der Waals surface area contributed by atoms with Gasteiger partial charge in [0.1, 0.15) is 5.82 Å². The lowest BCUT2D eigenvalue weighted by Gasteiger charge is -2.09. The molecular weight excluding hydrogens is 395 g/mol. The molecule has 0 atom stereocenters. The van der Waals surface area contributed by atoms with Crippen molar-refractivity contribution in [3.05, 3.63) is 66.8 Å². The maximum absolute atomic E-state index is 13.1. The molecule has 0 aliphatic carbocycles. The summed E-state index contributed by atoms with van der Waals surface area (Å²) in [6.45, 7) is 0.405. The molecule has 0 aromatic heterocycles. The van der Waals surface area contributed by atoms with Crippen LogP contribution in [0.1, 0.15) is 5.56 Å². The van der Waals surface area contributed by atoms with Gasteiger partial charge < -0.3 is 5.32 Å². The third-order valence-corrected chi connectivity index (χ3v) is 4.04. The number of halogens is 3. The van der Waals surface area contributed by atoms with Crippen LogP contribution in [0.25, 0.3) is 0 Å². The molecule has 0 aliphatic rings. The van der Waals surface area contributed by atoms with Gasteiger partial charge in [-0.1, -0.05) is 15.9 Å². The first-order chi connectivity index (χ1) is 9.47. The predicted molar refractivity (Wildman–Crippen MR) is 82.2 cm³/mol. The summed E-state index contributed by atoms with van der Waals surface area (Å²) in [5, 5.41) is 13.8. The maximum atomic E-state index is 13.1. The van der Waals surface area contributed by atoms with Crippen LogP contribution in [-0.2, 0) is 6.54 Å². The van der Waals surface area contributed by atoms with E-state index in [9.17, 15) is 14.5 Å². The fraction of sp³-hybridized carbons (Fsp3) is 0.0769. The van der Waals surface area contributed by atoms with E-state index in [0.29, 0.717) is 16.7 Å². The largest absolute Gasteiger partial charge is 0.381 e. The topological polar surface area (TPSA) is 55.2 Å². The van der Waals surface area contributed by atoms with Gasteiger partial charge in [-0.05, 0) is 51.8 Å².